The number of carbonyl (C=O) groups is 2. The van der Waals surface area contributed by atoms with Crippen LogP contribution in [0.2, 0.25) is 0 Å². The lowest BCUT2D eigenvalue weighted by Crippen LogP contribution is -2.26. The molecule has 2 rings (SSSR count). The molecule has 0 radical (unpaired) electrons. The average molecular weight is 569 g/mol. The zero-order chi connectivity index (χ0) is 29.7. The maximum absolute atomic E-state index is 13.1. The molecule has 0 saturated heterocycles. The Morgan fingerprint density at radius 2 is 1.39 bits per heavy atom. The second-order valence-corrected chi connectivity index (χ2v) is 12.5. The number of esters is 2. The summed E-state index contributed by atoms with van der Waals surface area (Å²) in [6, 6.07) is 6.58. The first-order valence-electron chi connectivity index (χ1n) is 17.1. The molecule has 0 spiro atoms. The number of aryl methyl sites for hydroxylation is 2. The summed E-state index contributed by atoms with van der Waals surface area (Å²) in [5.74, 6) is 1.36. The molecular weight excluding hydrogens is 508 g/mol. The molecule has 0 unspecified atom stereocenters. The number of hydrogen-bond acceptors (Lipinski definition) is 4. The monoisotopic (exact) mass is 568 g/mol. The first-order valence-corrected chi connectivity index (χ1v) is 17.1. The van der Waals surface area contributed by atoms with Gasteiger partial charge in [-0.3, -0.25) is 4.79 Å². The van der Waals surface area contributed by atoms with Crippen molar-refractivity contribution in [3.05, 3.63) is 41.5 Å². The smallest absolute Gasteiger partial charge is 0.333 e. The Bertz CT molecular complexity index is 881. The van der Waals surface area contributed by atoms with Crippen LogP contribution in [0.3, 0.4) is 0 Å². The summed E-state index contributed by atoms with van der Waals surface area (Å²) in [6.07, 6.45) is 24.6. The van der Waals surface area contributed by atoms with Gasteiger partial charge in [0, 0.05) is 5.57 Å². The third-order valence-corrected chi connectivity index (χ3v) is 8.70. The van der Waals surface area contributed by atoms with Gasteiger partial charge in [0.1, 0.15) is 5.75 Å². The second kappa shape index (κ2) is 21.6. The van der Waals surface area contributed by atoms with Crippen LogP contribution in [-0.2, 0) is 27.2 Å². The van der Waals surface area contributed by atoms with Gasteiger partial charge >= 0.3 is 11.9 Å². The zero-order valence-electron chi connectivity index (χ0n) is 26.8. The summed E-state index contributed by atoms with van der Waals surface area (Å²) in [5.41, 5.74) is 3.06. The van der Waals surface area contributed by atoms with E-state index in [2.05, 4.69) is 38.6 Å². The van der Waals surface area contributed by atoms with E-state index < -0.39 is 0 Å². The molecule has 41 heavy (non-hydrogen) atoms. The molecule has 0 heterocycles. The maximum atomic E-state index is 13.1. The summed E-state index contributed by atoms with van der Waals surface area (Å²) >= 11 is 0. The van der Waals surface area contributed by atoms with Gasteiger partial charge in [0.05, 0.1) is 12.5 Å². The molecule has 0 amide bonds. The number of ether oxygens (including phenoxy) is 2. The molecule has 232 valence electrons. The quantitative estimate of drug-likeness (QED) is 0.0604. The van der Waals surface area contributed by atoms with Gasteiger partial charge in [-0.15, -0.1) is 0 Å². The molecule has 1 aliphatic carbocycles. The van der Waals surface area contributed by atoms with Crippen LogP contribution in [0.1, 0.15) is 154 Å². The molecule has 0 N–H and O–H groups in total. The molecule has 1 fully saturated rings. The third-order valence-electron chi connectivity index (χ3n) is 8.70. The first kappa shape index (κ1) is 35.1. The Morgan fingerprint density at radius 3 is 2.02 bits per heavy atom. The lowest BCUT2D eigenvalue weighted by molar-refractivity contribution is -0.140. The van der Waals surface area contributed by atoms with Crippen LogP contribution in [0.15, 0.2) is 30.4 Å². The van der Waals surface area contributed by atoms with Crippen LogP contribution >= 0.6 is 0 Å². The summed E-state index contributed by atoms with van der Waals surface area (Å²) in [4.78, 5) is 24.5. The van der Waals surface area contributed by atoms with Crippen LogP contribution in [0.25, 0.3) is 0 Å². The number of benzene rings is 1. The van der Waals surface area contributed by atoms with Gasteiger partial charge < -0.3 is 9.47 Å². The summed E-state index contributed by atoms with van der Waals surface area (Å²) < 4.78 is 11.2. The van der Waals surface area contributed by atoms with E-state index in [0.29, 0.717) is 12.2 Å². The van der Waals surface area contributed by atoms with Crippen molar-refractivity contribution in [2.24, 2.45) is 11.8 Å². The van der Waals surface area contributed by atoms with Gasteiger partial charge in [-0.05, 0) is 87.8 Å². The molecule has 0 atom stereocenters. The fourth-order valence-corrected chi connectivity index (χ4v) is 6.07. The van der Waals surface area contributed by atoms with Gasteiger partial charge in [-0.25, -0.2) is 4.79 Å². The molecule has 1 aromatic carbocycles. The third kappa shape index (κ3) is 15.1. The van der Waals surface area contributed by atoms with Crippen molar-refractivity contribution < 1.29 is 19.1 Å². The largest absolute Gasteiger partial charge is 0.462 e. The van der Waals surface area contributed by atoms with E-state index in [1.165, 1.54) is 101 Å². The predicted octanol–water partition coefficient (Wildman–Crippen LogP) is 10.5. The van der Waals surface area contributed by atoms with Crippen LogP contribution in [0, 0.1) is 11.8 Å². The highest BCUT2D eigenvalue weighted by Crippen LogP contribution is 2.33. The summed E-state index contributed by atoms with van der Waals surface area (Å²) in [7, 11) is 0. The highest BCUT2D eigenvalue weighted by atomic mass is 16.5. The maximum Gasteiger partial charge on any atom is 0.333 e. The standard InChI is InChI=1S/C37H60O4/c1-5-7-8-13-16-20-32-24-27-35(41-37(39)33-25-22-31(19-6-2)23-26-33)34(29-32)21-17-14-11-9-10-12-15-18-28-40-36(38)30(3)4/h24,27,29,31,33H,3,5-23,25-26,28H2,1-2,4H3. The van der Waals surface area contributed by atoms with E-state index in [-0.39, 0.29) is 17.9 Å². The van der Waals surface area contributed by atoms with Crippen molar-refractivity contribution in [1.82, 2.24) is 0 Å². The molecular formula is C37H60O4. The van der Waals surface area contributed by atoms with Crippen LogP contribution in [0.4, 0.5) is 0 Å². The van der Waals surface area contributed by atoms with Crippen LogP contribution < -0.4 is 4.74 Å². The number of rotatable bonds is 22. The molecule has 1 aliphatic rings. The molecule has 4 heteroatoms. The fraction of sp³-hybridized carbons (Fsp3) is 0.730. The van der Waals surface area contributed by atoms with E-state index in [1.807, 2.05) is 0 Å². The van der Waals surface area contributed by atoms with Crippen molar-refractivity contribution in [2.75, 3.05) is 6.61 Å². The lowest BCUT2D eigenvalue weighted by atomic mass is 9.80. The topological polar surface area (TPSA) is 52.6 Å². The van der Waals surface area contributed by atoms with Gasteiger partial charge in [0.15, 0.2) is 0 Å². The van der Waals surface area contributed by atoms with E-state index in [1.54, 1.807) is 6.92 Å². The Hall–Kier alpha value is -2.10. The Kier molecular flexibility index (Phi) is 18.5. The summed E-state index contributed by atoms with van der Waals surface area (Å²) in [5, 5.41) is 0. The average Bonchev–Trinajstić information content (AvgIpc) is 2.97. The SMILES string of the molecule is C=C(C)C(=O)OCCCCCCCCCCc1cc(CCCCCCC)ccc1OC(=O)C1CCC(CCC)CC1. The Labute approximate surface area is 252 Å². The minimum Gasteiger partial charge on any atom is -0.462 e. The first-order chi connectivity index (χ1) is 19.9. The van der Waals surface area contributed by atoms with E-state index in [0.717, 1.165) is 56.6 Å². The van der Waals surface area contributed by atoms with Gasteiger partial charge in [0.25, 0.3) is 0 Å². The highest BCUT2D eigenvalue weighted by Gasteiger charge is 2.27. The highest BCUT2D eigenvalue weighted by molar-refractivity contribution is 5.86. The molecule has 0 aromatic heterocycles. The fourth-order valence-electron chi connectivity index (χ4n) is 6.07. The zero-order valence-corrected chi connectivity index (χ0v) is 26.8. The lowest BCUT2D eigenvalue weighted by Gasteiger charge is -2.27. The Balaban J connectivity index is 1.77. The second-order valence-electron chi connectivity index (χ2n) is 12.5. The van der Waals surface area contributed by atoms with Crippen molar-refractivity contribution in [2.45, 2.75) is 156 Å². The molecule has 0 bridgehead atoms. The number of carbonyl (C=O) groups excluding carboxylic acids is 2. The van der Waals surface area contributed by atoms with Gasteiger partial charge in [-0.2, -0.15) is 0 Å². The van der Waals surface area contributed by atoms with Gasteiger partial charge in [-0.1, -0.05) is 110 Å². The molecule has 1 aromatic rings. The Morgan fingerprint density at radius 1 is 0.780 bits per heavy atom. The minimum atomic E-state index is -0.282. The normalized spacial score (nSPS) is 16.9. The van der Waals surface area contributed by atoms with Crippen molar-refractivity contribution in [3.63, 3.8) is 0 Å². The van der Waals surface area contributed by atoms with Crippen molar-refractivity contribution >= 4 is 11.9 Å². The van der Waals surface area contributed by atoms with Crippen molar-refractivity contribution in [1.29, 1.82) is 0 Å². The predicted molar refractivity (Wildman–Crippen MR) is 171 cm³/mol. The number of unbranched alkanes of at least 4 members (excludes halogenated alkanes) is 11. The van der Waals surface area contributed by atoms with Crippen LogP contribution in [0.5, 0.6) is 5.75 Å². The number of hydrogen-bond donors (Lipinski definition) is 0. The van der Waals surface area contributed by atoms with Gasteiger partial charge in [0.2, 0.25) is 0 Å². The van der Waals surface area contributed by atoms with E-state index >= 15 is 0 Å². The minimum absolute atomic E-state index is 0.0112. The molecule has 0 aliphatic heterocycles. The van der Waals surface area contributed by atoms with E-state index in [9.17, 15) is 9.59 Å². The molecule has 1 saturated carbocycles. The van der Waals surface area contributed by atoms with E-state index in [4.69, 9.17) is 9.47 Å². The molecule has 4 nitrogen and oxygen atoms in total. The van der Waals surface area contributed by atoms with Crippen molar-refractivity contribution in [3.8, 4) is 5.75 Å². The summed E-state index contributed by atoms with van der Waals surface area (Å²) in [6.45, 7) is 10.3. The van der Waals surface area contributed by atoms with Crippen LogP contribution in [-0.4, -0.2) is 18.5 Å².